The minimum atomic E-state index is -0.477. The Labute approximate surface area is 174 Å². The zero-order valence-electron chi connectivity index (χ0n) is 17.1. The monoisotopic (exact) mass is 421 g/mol. The lowest BCUT2D eigenvalue weighted by molar-refractivity contribution is -0.384. The molecule has 0 spiro atoms. The molecule has 0 bridgehead atoms. The molecule has 8 nitrogen and oxygen atoms in total. The summed E-state index contributed by atoms with van der Waals surface area (Å²) < 4.78 is 12.1. The van der Waals surface area contributed by atoms with E-state index in [9.17, 15) is 14.9 Å². The Morgan fingerprint density at radius 1 is 1.41 bits per heavy atom. The van der Waals surface area contributed by atoms with Crippen LogP contribution in [0.1, 0.15) is 46.5 Å². The maximum absolute atomic E-state index is 12.3. The number of nitro benzene ring substituents is 1. The zero-order chi connectivity index (χ0) is 21.0. The second-order valence-corrected chi connectivity index (χ2v) is 9.31. The van der Waals surface area contributed by atoms with E-state index in [1.165, 1.54) is 23.5 Å². The molecule has 1 fully saturated rings. The maximum Gasteiger partial charge on any atom is 0.410 e. The number of carbonyl (C=O) groups excluding carboxylic acids is 1. The van der Waals surface area contributed by atoms with Crippen LogP contribution in [0.4, 0.5) is 10.5 Å². The molecule has 1 aromatic heterocycles. The first-order chi connectivity index (χ1) is 13.7. The van der Waals surface area contributed by atoms with Crippen LogP contribution in [0.5, 0.6) is 5.19 Å². The topological polar surface area (TPSA) is 94.8 Å². The standard InChI is InChI=1S/C20H27N3O5S/c1-20(2,3)28-19(24)22-10-4-6-14(13-22)7-5-11-27-18-21-16-12-15(23(25)26)8-9-17(16)29-18/h8-9,12,14H,4-7,10-11,13H2,1-3H3/t14-/m1/s1. The van der Waals surface area contributed by atoms with E-state index in [0.29, 0.717) is 23.2 Å². The van der Waals surface area contributed by atoms with Gasteiger partial charge in [-0.3, -0.25) is 10.1 Å². The summed E-state index contributed by atoms with van der Waals surface area (Å²) in [5.74, 6) is 0.442. The predicted octanol–water partition coefficient (Wildman–Crippen LogP) is 5.01. The van der Waals surface area contributed by atoms with E-state index >= 15 is 0 Å². The Hall–Kier alpha value is -2.42. The van der Waals surface area contributed by atoms with Gasteiger partial charge in [0.2, 0.25) is 0 Å². The number of thiazole rings is 1. The SMILES string of the molecule is CC(C)(C)OC(=O)N1CCC[C@H](CCCOc2nc3cc([N+](=O)[O-])ccc3s2)C1. The van der Waals surface area contributed by atoms with Crippen molar-refractivity contribution in [2.45, 2.75) is 52.1 Å². The number of nitro groups is 1. The predicted molar refractivity (Wildman–Crippen MR) is 112 cm³/mol. The summed E-state index contributed by atoms with van der Waals surface area (Å²) in [5, 5.41) is 11.4. The number of likely N-dealkylation sites (tertiary alicyclic amines) is 1. The number of aromatic nitrogens is 1. The molecule has 2 heterocycles. The van der Waals surface area contributed by atoms with Gasteiger partial charge >= 0.3 is 6.09 Å². The van der Waals surface area contributed by atoms with Crippen molar-refractivity contribution in [1.29, 1.82) is 0 Å². The first kappa shape index (κ1) is 21.3. The molecule has 0 radical (unpaired) electrons. The molecule has 158 valence electrons. The summed E-state index contributed by atoms with van der Waals surface area (Å²) in [6.07, 6.45) is 3.69. The highest BCUT2D eigenvalue weighted by atomic mass is 32.1. The van der Waals surface area contributed by atoms with E-state index in [4.69, 9.17) is 9.47 Å². The van der Waals surface area contributed by atoms with E-state index in [1.54, 1.807) is 11.0 Å². The summed E-state index contributed by atoms with van der Waals surface area (Å²) in [4.78, 5) is 28.8. The molecule has 1 aliphatic rings. The fourth-order valence-corrected chi connectivity index (χ4v) is 4.21. The number of amides is 1. The Bertz CT molecular complexity index is 877. The Balaban J connectivity index is 1.45. The summed E-state index contributed by atoms with van der Waals surface area (Å²) in [5.41, 5.74) is 0.135. The van der Waals surface area contributed by atoms with Crippen LogP contribution in [-0.4, -0.2) is 46.2 Å². The van der Waals surface area contributed by atoms with Gasteiger partial charge in [0.15, 0.2) is 0 Å². The highest BCUT2D eigenvalue weighted by molar-refractivity contribution is 7.20. The van der Waals surface area contributed by atoms with Gasteiger partial charge in [-0.1, -0.05) is 11.3 Å². The van der Waals surface area contributed by atoms with Crippen molar-refractivity contribution < 1.29 is 19.2 Å². The summed E-state index contributed by atoms with van der Waals surface area (Å²) >= 11 is 1.39. The third-order valence-electron chi connectivity index (χ3n) is 4.72. The molecule has 1 amide bonds. The molecule has 0 unspecified atom stereocenters. The van der Waals surface area contributed by atoms with E-state index in [2.05, 4.69) is 4.98 Å². The largest absolute Gasteiger partial charge is 0.470 e. The molecule has 3 rings (SSSR count). The molecule has 0 saturated carbocycles. The minimum Gasteiger partial charge on any atom is -0.470 e. The molecule has 1 atom stereocenters. The first-order valence-corrected chi connectivity index (χ1v) is 10.7. The second-order valence-electron chi connectivity index (χ2n) is 8.31. The van der Waals surface area contributed by atoms with Gasteiger partial charge in [-0.25, -0.2) is 9.78 Å². The molecule has 9 heteroatoms. The molecule has 0 N–H and O–H groups in total. The fourth-order valence-electron chi connectivity index (χ4n) is 3.39. The van der Waals surface area contributed by atoms with Crippen LogP contribution in [0.2, 0.25) is 0 Å². The van der Waals surface area contributed by atoms with E-state index in [0.717, 1.165) is 43.5 Å². The van der Waals surface area contributed by atoms with Gasteiger partial charge in [-0.2, -0.15) is 0 Å². The fraction of sp³-hybridized carbons (Fsp3) is 0.600. The lowest BCUT2D eigenvalue weighted by Crippen LogP contribution is -2.42. The van der Waals surface area contributed by atoms with Crippen molar-refractivity contribution in [3.8, 4) is 5.19 Å². The average Bonchev–Trinajstić information content (AvgIpc) is 3.06. The molecule has 1 aromatic carbocycles. The van der Waals surface area contributed by atoms with Crippen LogP contribution in [0, 0.1) is 16.0 Å². The second kappa shape index (κ2) is 8.94. The summed E-state index contributed by atoms with van der Waals surface area (Å²) in [6.45, 7) is 7.64. The normalized spacial score (nSPS) is 17.3. The number of rotatable bonds is 6. The van der Waals surface area contributed by atoms with Crippen molar-refractivity contribution in [1.82, 2.24) is 9.88 Å². The van der Waals surface area contributed by atoms with Gasteiger partial charge < -0.3 is 14.4 Å². The van der Waals surface area contributed by atoms with E-state index < -0.39 is 10.5 Å². The number of carbonyl (C=O) groups is 1. The van der Waals surface area contributed by atoms with Crippen molar-refractivity contribution in [3.05, 3.63) is 28.3 Å². The Morgan fingerprint density at radius 3 is 2.93 bits per heavy atom. The zero-order valence-corrected chi connectivity index (χ0v) is 17.9. The summed E-state index contributed by atoms with van der Waals surface area (Å²) in [7, 11) is 0. The van der Waals surface area contributed by atoms with E-state index in [1.807, 2.05) is 20.8 Å². The molecule has 2 aromatic rings. The van der Waals surface area contributed by atoms with Crippen molar-refractivity contribution >= 4 is 33.3 Å². The summed E-state index contributed by atoms with van der Waals surface area (Å²) in [6, 6.07) is 4.64. The van der Waals surface area contributed by atoms with Crippen LogP contribution < -0.4 is 4.74 Å². The van der Waals surface area contributed by atoms with Crippen LogP contribution in [0.3, 0.4) is 0 Å². The number of hydrogen-bond donors (Lipinski definition) is 0. The number of non-ortho nitro benzene ring substituents is 1. The highest BCUT2D eigenvalue weighted by Crippen LogP contribution is 2.30. The number of nitrogens with zero attached hydrogens (tertiary/aromatic N) is 3. The quantitative estimate of drug-likeness (QED) is 0.370. The van der Waals surface area contributed by atoms with Crippen LogP contribution in [-0.2, 0) is 4.74 Å². The van der Waals surface area contributed by atoms with Gasteiger partial charge in [-0.05, 0) is 58.4 Å². The first-order valence-electron chi connectivity index (χ1n) is 9.87. The lowest BCUT2D eigenvalue weighted by Gasteiger charge is -2.34. The average molecular weight is 422 g/mol. The number of benzene rings is 1. The van der Waals surface area contributed by atoms with Crippen molar-refractivity contribution in [3.63, 3.8) is 0 Å². The van der Waals surface area contributed by atoms with Gasteiger partial charge in [0, 0.05) is 25.2 Å². The molecule has 0 aliphatic carbocycles. The van der Waals surface area contributed by atoms with Crippen molar-refractivity contribution in [2.24, 2.45) is 5.92 Å². The Morgan fingerprint density at radius 2 is 2.21 bits per heavy atom. The van der Waals surface area contributed by atoms with Gasteiger partial charge in [0.1, 0.15) is 5.60 Å². The molecule has 29 heavy (non-hydrogen) atoms. The smallest absolute Gasteiger partial charge is 0.410 e. The molecule has 1 saturated heterocycles. The number of piperidine rings is 1. The Kier molecular flexibility index (Phi) is 6.56. The van der Waals surface area contributed by atoms with Gasteiger partial charge in [0.25, 0.3) is 10.9 Å². The van der Waals surface area contributed by atoms with Gasteiger partial charge in [-0.15, -0.1) is 0 Å². The van der Waals surface area contributed by atoms with Crippen LogP contribution in [0.15, 0.2) is 18.2 Å². The van der Waals surface area contributed by atoms with Crippen LogP contribution >= 0.6 is 11.3 Å². The third kappa shape index (κ3) is 6.03. The number of fused-ring (bicyclic) bond motifs is 1. The third-order valence-corrected chi connectivity index (χ3v) is 5.66. The minimum absolute atomic E-state index is 0.0289. The van der Waals surface area contributed by atoms with Crippen molar-refractivity contribution in [2.75, 3.05) is 19.7 Å². The molecular formula is C20H27N3O5S. The van der Waals surface area contributed by atoms with E-state index in [-0.39, 0.29) is 11.8 Å². The lowest BCUT2D eigenvalue weighted by atomic mass is 9.94. The number of ether oxygens (including phenoxy) is 2. The van der Waals surface area contributed by atoms with Gasteiger partial charge in [0.05, 0.1) is 21.7 Å². The highest BCUT2D eigenvalue weighted by Gasteiger charge is 2.27. The molecule has 1 aliphatic heterocycles. The van der Waals surface area contributed by atoms with Crippen LogP contribution in [0.25, 0.3) is 10.2 Å². The molecular weight excluding hydrogens is 394 g/mol. The number of hydrogen-bond acceptors (Lipinski definition) is 7. The maximum atomic E-state index is 12.3.